The van der Waals surface area contributed by atoms with Crippen molar-refractivity contribution in [3.8, 4) is 0 Å². The molecule has 1 saturated heterocycles. The first-order chi connectivity index (χ1) is 5.74. The highest BCUT2D eigenvalue weighted by Gasteiger charge is 2.29. The van der Waals surface area contributed by atoms with Gasteiger partial charge in [-0.1, -0.05) is 0 Å². The molecule has 0 aromatic carbocycles. The van der Waals surface area contributed by atoms with Crippen molar-refractivity contribution in [3.05, 3.63) is 0 Å². The molecule has 3 nitrogen and oxygen atoms in total. The van der Waals surface area contributed by atoms with E-state index < -0.39 is 0 Å². The summed E-state index contributed by atoms with van der Waals surface area (Å²) in [4.78, 5) is 10.8. The summed E-state index contributed by atoms with van der Waals surface area (Å²) in [6.07, 6.45) is 1.40. The quantitative estimate of drug-likeness (QED) is 0.642. The van der Waals surface area contributed by atoms with Crippen molar-refractivity contribution in [2.24, 2.45) is 5.92 Å². The molecule has 0 amide bonds. The van der Waals surface area contributed by atoms with Crippen molar-refractivity contribution < 1.29 is 14.3 Å². The number of carbonyl (C=O) groups excluding carboxylic acids is 1. The Morgan fingerprint density at radius 3 is 3.00 bits per heavy atom. The highest BCUT2D eigenvalue weighted by molar-refractivity contribution is 5.75. The van der Waals surface area contributed by atoms with Crippen LogP contribution in [0.5, 0.6) is 0 Å². The Hall–Kier alpha value is -0.410. The van der Waals surface area contributed by atoms with Gasteiger partial charge in [-0.3, -0.25) is 0 Å². The summed E-state index contributed by atoms with van der Waals surface area (Å²) in [6, 6.07) is 0. The summed E-state index contributed by atoms with van der Waals surface area (Å²) >= 11 is 0. The standard InChI is InChI=1S/C9H16O3/c1-3-11-9-8(4-5-12-9)6-7(2)10/h8-9H,3-6H2,1-2H3. The molecule has 1 rings (SSSR count). The molecule has 0 aromatic heterocycles. The lowest BCUT2D eigenvalue weighted by Gasteiger charge is -2.16. The Kier molecular flexibility index (Phi) is 3.69. The molecule has 2 unspecified atom stereocenters. The van der Waals surface area contributed by atoms with Gasteiger partial charge in [-0.25, -0.2) is 0 Å². The third-order valence-electron chi connectivity index (χ3n) is 2.04. The maximum absolute atomic E-state index is 10.8. The molecule has 0 aromatic rings. The smallest absolute Gasteiger partial charge is 0.160 e. The van der Waals surface area contributed by atoms with E-state index in [0.29, 0.717) is 13.0 Å². The van der Waals surface area contributed by atoms with Gasteiger partial charge in [0.2, 0.25) is 0 Å². The Morgan fingerprint density at radius 2 is 2.42 bits per heavy atom. The second kappa shape index (κ2) is 4.58. The van der Waals surface area contributed by atoms with Crippen LogP contribution in [0.15, 0.2) is 0 Å². The zero-order valence-corrected chi connectivity index (χ0v) is 7.71. The Balaban J connectivity index is 2.35. The fourth-order valence-corrected chi connectivity index (χ4v) is 1.52. The molecule has 0 N–H and O–H groups in total. The first kappa shape index (κ1) is 9.68. The van der Waals surface area contributed by atoms with Crippen LogP contribution in [0.1, 0.15) is 26.7 Å². The van der Waals surface area contributed by atoms with E-state index in [9.17, 15) is 4.79 Å². The van der Waals surface area contributed by atoms with Gasteiger partial charge in [0.1, 0.15) is 5.78 Å². The van der Waals surface area contributed by atoms with Gasteiger partial charge in [-0.15, -0.1) is 0 Å². The summed E-state index contributed by atoms with van der Waals surface area (Å²) in [5.41, 5.74) is 0. The number of Topliss-reactive ketones (excluding diaryl/α,β-unsaturated/α-hetero) is 1. The molecule has 3 heteroatoms. The lowest BCUT2D eigenvalue weighted by atomic mass is 10.0. The monoisotopic (exact) mass is 172 g/mol. The first-order valence-corrected chi connectivity index (χ1v) is 4.46. The molecule has 0 aliphatic carbocycles. The minimum Gasteiger partial charge on any atom is -0.353 e. The zero-order valence-electron chi connectivity index (χ0n) is 7.71. The van der Waals surface area contributed by atoms with E-state index in [-0.39, 0.29) is 18.0 Å². The molecule has 70 valence electrons. The summed E-state index contributed by atoms with van der Waals surface area (Å²) in [7, 11) is 0. The van der Waals surface area contributed by atoms with Crippen LogP contribution in [0.3, 0.4) is 0 Å². The van der Waals surface area contributed by atoms with Gasteiger partial charge in [0, 0.05) is 18.9 Å². The summed E-state index contributed by atoms with van der Waals surface area (Å²) < 4.78 is 10.7. The average molecular weight is 172 g/mol. The lowest BCUT2D eigenvalue weighted by Crippen LogP contribution is -2.21. The fraction of sp³-hybridized carbons (Fsp3) is 0.889. The van der Waals surface area contributed by atoms with Crippen molar-refractivity contribution in [1.29, 1.82) is 0 Å². The van der Waals surface area contributed by atoms with E-state index >= 15 is 0 Å². The summed E-state index contributed by atoms with van der Waals surface area (Å²) in [6.45, 7) is 4.93. The Morgan fingerprint density at radius 1 is 1.67 bits per heavy atom. The minimum atomic E-state index is -0.140. The van der Waals surface area contributed by atoms with Crippen LogP contribution < -0.4 is 0 Å². The van der Waals surface area contributed by atoms with Crippen LogP contribution >= 0.6 is 0 Å². The fourth-order valence-electron chi connectivity index (χ4n) is 1.52. The van der Waals surface area contributed by atoms with Gasteiger partial charge < -0.3 is 14.3 Å². The number of ketones is 1. The van der Waals surface area contributed by atoms with Crippen molar-refractivity contribution in [3.63, 3.8) is 0 Å². The molecular formula is C9H16O3. The predicted octanol–water partition coefficient (Wildman–Crippen LogP) is 1.36. The van der Waals surface area contributed by atoms with Gasteiger partial charge in [0.15, 0.2) is 6.29 Å². The topological polar surface area (TPSA) is 35.5 Å². The Bertz CT molecular complexity index is 156. The molecule has 0 bridgehead atoms. The normalized spacial score (nSPS) is 29.2. The largest absolute Gasteiger partial charge is 0.353 e. The minimum absolute atomic E-state index is 0.140. The molecule has 1 heterocycles. The molecule has 1 aliphatic rings. The van der Waals surface area contributed by atoms with Crippen LogP contribution in [0.2, 0.25) is 0 Å². The molecule has 1 aliphatic heterocycles. The summed E-state index contributed by atoms with van der Waals surface area (Å²) in [5.74, 6) is 0.498. The molecular weight excluding hydrogens is 156 g/mol. The first-order valence-electron chi connectivity index (χ1n) is 4.46. The van der Waals surface area contributed by atoms with E-state index in [4.69, 9.17) is 9.47 Å². The maximum atomic E-state index is 10.8. The maximum Gasteiger partial charge on any atom is 0.160 e. The number of hydrogen-bond donors (Lipinski definition) is 0. The number of carbonyl (C=O) groups is 1. The third kappa shape index (κ3) is 2.57. The van der Waals surface area contributed by atoms with E-state index in [1.807, 2.05) is 6.92 Å². The van der Waals surface area contributed by atoms with Crippen molar-refractivity contribution in [2.45, 2.75) is 33.0 Å². The second-order valence-corrected chi connectivity index (χ2v) is 3.15. The zero-order chi connectivity index (χ0) is 8.97. The number of rotatable bonds is 4. The van der Waals surface area contributed by atoms with Crippen LogP contribution in [0.4, 0.5) is 0 Å². The van der Waals surface area contributed by atoms with E-state index in [0.717, 1.165) is 13.0 Å². The molecule has 0 saturated carbocycles. The SMILES string of the molecule is CCOC1OCCC1CC(C)=O. The van der Waals surface area contributed by atoms with Crippen molar-refractivity contribution in [2.75, 3.05) is 13.2 Å². The van der Waals surface area contributed by atoms with Gasteiger partial charge in [0.25, 0.3) is 0 Å². The third-order valence-corrected chi connectivity index (χ3v) is 2.04. The highest BCUT2D eigenvalue weighted by atomic mass is 16.7. The van der Waals surface area contributed by atoms with Crippen molar-refractivity contribution >= 4 is 5.78 Å². The molecule has 0 spiro atoms. The molecule has 0 radical (unpaired) electrons. The number of hydrogen-bond acceptors (Lipinski definition) is 3. The molecule has 2 atom stereocenters. The van der Waals surface area contributed by atoms with Gasteiger partial charge in [-0.05, 0) is 20.3 Å². The van der Waals surface area contributed by atoms with Crippen LogP contribution in [0, 0.1) is 5.92 Å². The van der Waals surface area contributed by atoms with Crippen LogP contribution in [-0.2, 0) is 14.3 Å². The van der Waals surface area contributed by atoms with E-state index in [2.05, 4.69) is 0 Å². The predicted molar refractivity (Wildman–Crippen MR) is 44.8 cm³/mol. The second-order valence-electron chi connectivity index (χ2n) is 3.15. The Labute approximate surface area is 73.0 Å². The highest BCUT2D eigenvalue weighted by Crippen LogP contribution is 2.24. The average Bonchev–Trinajstić information content (AvgIpc) is 2.37. The van der Waals surface area contributed by atoms with Gasteiger partial charge >= 0.3 is 0 Å². The summed E-state index contributed by atoms with van der Waals surface area (Å²) in [5, 5.41) is 0. The molecule has 1 fully saturated rings. The van der Waals surface area contributed by atoms with Crippen LogP contribution in [-0.4, -0.2) is 25.3 Å². The van der Waals surface area contributed by atoms with E-state index in [1.165, 1.54) is 0 Å². The van der Waals surface area contributed by atoms with Gasteiger partial charge in [-0.2, -0.15) is 0 Å². The number of ether oxygens (including phenoxy) is 2. The lowest BCUT2D eigenvalue weighted by molar-refractivity contribution is -0.136. The van der Waals surface area contributed by atoms with Gasteiger partial charge in [0.05, 0.1) is 6.61 Å². The van der Waals surface area contributed by atoms with E-state index in [1.54, 1.807) is 6.92 Å². The van der Waals surface area contributed by atoms with Crippen LogP contribution in [0.25, 0.3) is 0 Å². The van der Waals surface area contributed by atoms with Crippen molar-refractivity contribution in [1.82, 2.24) is 0 Å². The molecule has 12 heavy (non-hydrogen) atoms.